The summed E-state index contributed by atoms with van der Waals surface area (Å²) in [7, 11) is 0. The van der Waals surface area contributed by atoms with Gasteiger partial charge in [0.1, 0.15) is 29.2 Å². The molecule has 0 atom stereocenters. The Hall–Kier alpha value is -1.58. The maximum Gasteiger partial charge on any atom is 1.00 e. The number of benzene rings is 2. The predicted octanol–water partition coefficient (Wildman–Crippen LogP) is 0.751. The standard InChI is InChI=1S/C18H11ClF3NO3S.Na/c19-10-1-4-15(26-7-12-13(20)2-3-14(21)16(12)22)9(5-10)6-11-8-27-17(23-11)18(24)25;/h1-5,8H,6-7H2,(H,24,25);/q;+1/p-1. The van der Waals surface area contributed by atoms with Crippen LogP contribution in [-0.4, -0.2) is 11.0 Å². The Morgan fingerprint density at radius 3 is 2.57 bits per heavy atom. The topological polar surface area (TPSA) is 62.2 Å². The van der Waals surface area contributed by atoms with Crippen molar-refractivity contribution in [2.45, 2.75) is 13.0 Å². The van der Waals surface area contributed by atoms with E-state index < -0.39 is 35.6 Å². The average Bonchev–Trinajstić information content (AvgIpc) is 3.09. The fourth-order valence-corrected chi connectivity index (χ4v) is 3.20. The maximum atomic E-state index is 13.8. The van der Waals surface area contributed by atoms with E-state index in [9.17, 15) is 23.1 Å². The van der Waals surface area contributed by atoms with Gasteiger partial charge in [0.15, 0.2) is 11.6 Å². The van der Waals surface area contributed by atoms with E-state index in [1.807, 2.05) is 0 Å². The molecule has 0 fully saturated rings. The predicted molar refractivity (Wildman–Crippen MR) is 91.4 cm³/mol. The van der Waals surface area contributed by atoms with Gasteiger partial charge in [-0.1, -0.05) is 11.6 Å². The summed E-state index contributed by atoms with van der Waals surface area (Å²) in [5.41, 5.74) is 0.424. The SMILES string of the molecule is O=C([O-])c1nc(Cc2cc(Cl)ccc2OCc2c(F)ccc(F)c2F)cs1.[Na+]. The van der Waals surface area contributed by atoms with Crippen LogP contribution < -0.4 is 39.4 Å². The third-order valence-corrected chi connectivity index (χ3v) is 4.74. The summed E-state index contributed by atoms with van der Waals surface area (Å²) in [5.74, 6) is -4.55. The van der Waals surface area contributed by atoms with Crippen molar-refractivity contribution in [2.75, 3.05) is 0 Å². The summed E-state index contributed by atoms with van der Waals surface area (Å²) < 4.78 is 46.3. The molecule has 0 unspecified atom stereocenters. The molecular weight excluding hydrogens is 426 g/mol. The Balaban J connectivity index is 0.00000280. The van der Waals surface area contributed by atoms with Gasteiger partial charge < -0.3 is 14.6 Å². The minimum absolute atomic E-state index is 0. The Kier molecular flexibility index (Phi) is 7.91. The zero-order valence-electron chi connectivity index (χ0n) is 14.5. The number of hydrogen-bond acceptors (Lipinski definition) is 5. The van der Waals surface area contributed by atoms with E-state index in [1.165, 1.54) is 12.1 Å². The molecule has 1 aromatic heterocycles. The largest absolute Gasteiger partial charge is 1.00 e. The van der Waals surface area contributed by atoms with Crippen LogP contribution in [0.5, 0.6) is 5.75 Å². The van der Waals surface area contributed by atoms with Crippen LogP contribution in [0.2, 0.25) is 5.02 Å². The number of aromatic carboxylic acids is 1. The molecule has 0 bridgehead atoms. The Bertz CT molecular complexity index is 1020. The molecule has 0 aliphatic rings. The molecule has 0 amide bonds. The minimum atomic E-state index is -1.38. The van der Waals surface area contributed by atoms with Crippen LogP contribution in [0.25, 0.3) is 0 Å². The Labute approximate surface area is 189 Å². The van der Waals surface area contributed by atoms with Crippen molar-refractivity contribution >= 4 is 28.9 Å². The van der Waals surface area contributed by atoms with Crippen molar-refractivity contribution in [3.05, 3.63) is 80.0 Å². The summed E-state index contributed by atoms with van der Waals surface area (Å²) in [4.78, 5) is 14.7. The van der Waals surface area contributed by atoms with Crippen molar-refractivity contribution in [1.29, 1.82) is 0 Å². The van der Waals surface area contributed by atoms with Crippen LogP contribution in [0.3, 0.4) is 0 Å². The molecule has 10 heteroatoms. The number of carbonyl (C=O) groups excluding carboxylic acids is 1. The Morgan fingerprint density at radius 2 is 1.89 bits per heavy atom. The first-order valence-corrected chi connectivity index (χ1v) is 8.80. The van der Waals surface area contributed by atoms with Crippen molar-refractivity contribution in [3.8, 4) is 5.75 Å². The van der Waals surface area contributed by atoms with Gasteiger partial charge in [-0.15, -0.1) is 11.3 Å². The molecule has 28 heavy (non-hydrogen) atoms. The maximum absolute atomic E-state index is 13.8. The van der Waals surface area contributed by atoms with E-state index in [0.29, 0.717) is 22.3 Å². The molecule has 4 nitrogen and oxygen atoms in total. The van der Waals surface area contributed by atoms with Gasteiger partial charge in [0.25, 0.3) is 0 Å². The van der Waals surface area contributed by atoms with Crippen LogP contribution in [0, 0.1) is 17.5 Å². The van der Waals surface area contributed by atoms with E-state index in [-0.39, 0.29) is 46.7 Å². The number of thiazole rings is 1. The van der Waals surface area contributed by atoms with Crippen molar-refractivity contribution in [2.24, 2.45) is 0 Å². The van der Waals surface area contributed by atoms with Gasteiger partial charge in [0, 0.05) is 22.4 Å². The first-order chi connectivity index (χ1) is 12.8. The van der Waals surface area contributed by atoms with Gasteiger partial charge in [0.05, 0.1) is 11.3 Å². The molecule has 0 aliphatic heterocycles. The van der Waals surface area contributed by atoms with Gasteiger partial charge in [-0.25, -0.2) is 18.2 Å². The number of carboxylic acids is 1. The van der Waals surface area contributed by atoms with E-state index in [2.05, 4.69) is 4.98 Å². The monoisotopic (exact) mass is 435 g/mol. The summed E-state index contributed by atoms with van der Waals surface area (Å²) in [6, 6.07) is 6.09. The minimum Gasteiger partial charge on any atom is -0.542 e. The second kappa shape index (κ2) is 9.76. The molecular formula is C18H10ClF3NNaO3S. The molecule has 1 heterocycles. The van der Waals surface area contributed by atoms with E-state index >= 15 is 0 Å². The number of rotatable bonds is 6. The number of halogens is 4. The number of hydrogen-bond donors (Lipinski definition) is 0. The zero-order chi connectivity index (χ0) is 19.6. The molecule has 0 radical (unpaired) electrons. The molecule has 0 saturated carbocycles. The first-order valence-electron chi connectivity index (χ1n) is 7.54. The van der Waals surface area contributed by atoms with Gasteiger partial charge in [-0.2, -0.15) is 0 Å². The van der Waals surface area contributed by atoms with Gasteiger partial charge in [-0.05, 0) is 30.3 Å². The normalized spacial score (nSPS) is 10.4. The van der Waals surface area contributed by atoms with E-state index in [0.717, 1.165) is 17.4 Å². The fourth-order valence-electron chi connectivity index (χ4n) is 2.36. The van der Waals surface area contributed by atoms with Crippen molar-refractivity contribution in [1.82, 2.24) is 4.98 Å². The van der Waals surface area contributed by atoms with Crippen molar-refractivity contribution < 1.29 is 57.4 Å². The second-order valence-corrected chi connectivity index (χ2v) is 6.77. The molecule has 140 valence electrons. The summed E-state index contributed by atoms with van der Waals surface area (Å²) in [6.45, 7) is -0.536. The Morgan fingerprint density at radius 1 is 1.18 bits per heavy atom. The third-order valence-electron chi connectivity index (χ3n) is 3.63. The van der Waals surface area contributed by atoms with Crippen LogP contribution >= 0.6 is 22.9 Å². The van der Waals surface area contributed by atoms with Crippen LogP contribution in [0.1, 0.15) is 26.6 Å². The quantitative estimate of drug-likeness (QED) is 0.423. The molecule has 2 aromatic carbocycles. The summed E-state index contributed by atoms with van der Waals surface area (Å²) in [6.07, 6.45) is 0.174. The fraction of sp³-hybridized carbons (Fsp3) is 0.111. The van der Waals surface area contributed by atoms with Crippen molar-refractivity contribution in [3.63, 3.8) is 0 Å². The van der Waals surface area contributed by atoms with Crippen LogP contribution in [-0.2, 0) is 13.0 Å². The van der Waals surface area contributed by atoms with E-state index in [1.54, 1.807) is 11.4 Å². The summed E-state index contributed by atoms with van der Waals surface area (Å²) in [5, 5.41) is 12.6. The van der Waals surface area contributed by atoms with E-state index in [4.69, 9.17) is 16.3 Å². The molecule has 0 saturated heterocycles. The average molecular weight is 436 g/mol. The smallest absolute Gasteiger partial charge is 0.542 e. The number of aromatic nitrogens is 1. The van der Waals surface area contributed by atoms with Crippen LogP contribution in [0.4, 0.5) is 13.2 Å². The molecule has 3 aromatic rings. The molecule has 3 rings (SSSR count). The number of nitrogens with zero attached hydrogens (tertiary/aromatic N) is 1. The molecule has 0 N–H and O–H groups in total. The van der Waals surface area contributed by atoms with Gasteiger partial charge in [-0.3, -0.25) is 0 Å². The molecule has 0 spiro atoms. The number of carbonyl (C=O) groups is 1. The molecule has 0 aliphatic carbocycles. The number of ether oxygens (including phenoxy) is 1. The second-order valence-electron chi connectivity index (χ2n) is 5.47. The summed E-state index contributed by atoms with van der Waals surface area (Å²) >= 11 is 6.89. The van der Waals surface area contributed by atoms with Gasteiger partial charge >= 0.3 is 29.6 Å². The first kappa shape index (κ1) is 22.7. The third kappa shape index (κ3) is 5.27. The van der Waals surface area contributed by atoms with Crippen LogP contribution in [0.15, 0.2) is 35.7 Å². The number of carboxylic acid groups (broad SMARTS) is 1. The zero-order valence-corrected chi connectivity index (χ0v) is 18.0. The van der Waals surface area contributed by atoms with Gasteiger partial charge in [0.2, 0.25) is 0 Å².